The fourth-order valence-corrected chi connectivity index (χ4v) is 4.07. The van der Waals surface area contributed by atoms with Crippen LogP contribution >= 0.6 is 11.6 Å². The number of nitrogens with zero attached hydrogens (tertiary/aromatic N) is 1. The van der Waals surface area contributed by atoms with Gasteiger partial charge in [-0.25, -0.2) is 0 Å². The molecule has 0 unspecified atom stereocenters. The fraction of sp³-hybridized carbons (Fsp3) is 0.136. The van der Waals surface area contributed by atoms with Crippen LogP contribution in [0.5, 0.6) is 5.75 Å². The number of aromatic hydroxyl groups is 1. The summed E-state index contributed by atoms with van der Waals surface area (Å²) in [5, 5.41) is 13.0. The number of furan rings is 1. The van der Waals surface area contributed by atoms with Gasteiger partial charge < -0.3 is 9.52 Å². The Morgan fingerprint density at radius 1 is 1.12 bits per heavy atom. The third-order valence-corrected chi connectivity index (χ3v) is 5.45. The van der Waals surface area contributed by atoms with E-state index in [1.54, 1.807) is 0 Å². The maximum Gasteiger partial charge on any atom is 0.136 e. The Morgan fingerprint density at radius 2 is 1.96 bits per heavy atom. The standard InChI is InChI=1S/C22H16ClNO2/c1-2-12-7-20-15(8-19(12)25)22-17-11-24-10-16(17)14(9-21(22)26-20)13-5-3-4-6-18(13)23/h3-10,25H,2,11H2,1H3. The Balaban J connectivity index is 1.89. The largest absolute Gasteiger partial charge is 0.508 e. The molecule has 26 heavy (non-hydrogen) atoms. The van der Waals surface area contributed by atoms with E-state index in [-0.39, 0.29) is 0 Å². The molecular weight excluding hydrogens is 346 g/mol. The fourth-order valence-electron chi connectivity index (χ4n) is 3.84. The van der Waals surface area contributed by atoms with Crippen molar-refractivity contribution in [2.24, 2.45) is 4.99 Å². The molecule has 128 valence electrons. The number of rotatable bonds is 2. The van der Waals surface area contributed by atoms with E-state index in [9.17, 15) is 5.11 Å². The van der Waals surface area contributed by atoms with Gasteiger partial charge >= 0.3 is 0 Å². The molecular formula is C22H16ClNO2. The molecule has 1 N–H and O–H groups in total. The molecule has 0 bridgehead atoms. The first-order valence-corrected chi connectivity index (χ1v) is 9.04. The van der Waals surface area contributed by atoms with E-state index in [0.717, 1.165) is 56.2 Å². The summed E-state index contributed by atoms with van der Waals surface area (Å²) >= 11 is 6.44. The summed E-state index contributed by atoms with van der Waals surface area (Å²) in [6.07, 6.45) is 2.66. The van der Waals surface area contributed by atoms with Crippen molar-refractivity contribution in [3.8, 4) is 16.9 Å². The Labute approximate surface area is 155 Å². The monoisotopic (exact) mass is 361 g/mol. The summed E-state index contributed by atoms with van der Waals surface area (Å²) in [4.78, 5) is 4.49. The van der Waals surface area contributed by atoms with Gasteiger partial charge in [-0.05, 0) is 47.4 Å². The normalized spacial score (nSPS) is 13.0. The first-order chi connectivity index (χ1) is 12.7. The van der Waals surface area contributed by atoms with Gasteiger partial charge in [-0.1, -0.05) is 36.7 Å². The predicted octanol–water partition coefficient (Wildman–Crippen LogP) is 6.11. The third kappa shape index (κ3) is 2.10. The zero-order chi connectivity index (χ0) is 17.8. The van der Waals surface area contributed by atoms with E-state index >= 15 is 0 Å². The van der Waals surface area contributed by atoms with Crippen molar-refractivity contribution in [3.05, 3.63) is 64.2 Å². The minimum Gasteiger partial charge on any atom is -0.508 e. The average molecular weight is 362 g/mol. The van der Waals surface area contributed by atoms with Gasteiger partial charge in [-0.3, -0.25) is 4.99 Å². The van der Waals surface area contributed by atoms with Crippen LogP contribution in [0.1, 0.15) is 23.6 Å². The molecule has 0 atom stereocenters. The minimum absolute atomic E-state index is 0.311. The maximum atomic E-state index is 10.3. The number of hydrogen-bond acceptors (Lipinski definition) is 3. The lowest BCUT2D eigenvalue weighted by Crippen LogP contribution is -1.92. The van der Waals surface area contributed by atoms with Gasteiger partial charge in [0.15, 0.2) is 0 Å². The summed E-state index contributed by atoms with van der Waals surface area (Å²) < 4.78 is 6.17. The number of aliphatic imine (C=N–C) groups is 1. The molecule has 0 saturated carbocycles. The number of hydrogen-bond donors (Lipinski definition) is 1. The Morgan fingerprint density at radius 3 is 2.77 bits per heavy atom. The van der Waals surface area contributed by atoms with Crippen molar-refractivity contribution in [2.45, 2.75) is 19.9 Å². The molecule has 2 heterocycles. The van der Waals surface area contributed by atoms with Crippen LogP contribution in [0.25, 0.3) is 33.1 Å². The topological polar surface area (TPSA) is 45.7 Å². The van der Waals surface area contributed by atoms with E-state index in [1.807, 2.05) is 55.6 Å². The Kier molecular flexibility index (Phi) is 3.34. The summed E-state index contributed by atoms with van der Waals surface area (Å²) in [6, 6.07) is 13.6. The number of phenolic OH excluding ortho intramolecular Hbond substituents is 1. The van der Waals surface area contributed by atoms with E-state index in [2.05, 4.69) is 4.99 Å². The quantitative estimate of drug-likeness (QED) is 0.468. The van der Waals surface area contributed by atoms with Crippen molar-refractivity contribution >= 4 is 39.8 Å². The molecule has 0 amide bonds. The minimum atomic E-state index is 0.311. The smallest absolute Gasteiger partial charge is 0.136 e. The van der Waals surface area contributed by atoms with Crippen LogP contribution in [0.4, 0.5) is 0 Å². The molecule has 1 aliphatic rings. The lowest BCUT2D eigenvalue weighted by atomic mass is 9.93. The lowest BCUT2D eigenvalue weighted by molar-refractivity contribution is 0.469. The highest BCUT2D eigenvalue weighted by atomic mass is 35.5. The molecule has 0 radical (unpaired) electrons. The van der Waals surface area contributed by atoms with E-state index < -0.39 is 0 Å². The van der Waals surface area contributed by atoms with E-state index in [4.69, 9.17) is 16.0 Å². The first kappa shape index (κ1) is 15.5. The highest BCUT2D eigenvalue weighted by Gasteiger charge is 2.22. The number of aryl methyl sites for hydroxylation is 1. The highest BCUT2D eigenvalue weighted by molar-refractivity contribution is 6.33. The van der Waals surface area contributed by atoms with Gasteiger partial charge in [0, 0.05) is 33.1 Å². The Hall–Kier alpha value is -2.78. The van der Waals surface area contributed by atoms with Crippen LogP contribution in [0.2, 0.25) is 5.02 Å². The molecule has 1 aliphatic heterocycles. The van der Waals surface area contributed by atoms with Crippen LogP contribution in [0, 0.1) is 0 Å². The van der Waals surface area contributed by atoms with Crippen molar-refractivity contribution < 1.29 is 9.52 Å². The second-order valence-corrected chi connectivity index (χ2v) is 6.98. The molecule has 0 fully saturated rings. The van der Waals surface area contributed by atoms with Crippen LogP contribution in [-0.4, -0.2) is 11.3 Å². The van der Waals surface area contributed by atoms with E-state index in [0.29, 0.717) is 17.3 Å². The van der Waals surface area contributed by atoms with Crippen molar-refractivity contribution in [3.63, 3.8) is 0 Å². The number of fused-ring (bicyclic) bond motifs is 5. The SMILES string of the molecule is CCc1cc2oc3cc(-c4ccccc4Cl)c4c(c3c2cc1O)CN=C4. The average Bonchev–Trinajstić information content (AvgIpc) is 3.24. The van der Waals surface area contributed by atoms with Gasteiger partial charge in [-0.2, -0.15) is 0 Å². The summed E-state index contributed by atoms with van der Waals surface area (Å²) in [5.74, 6) is 0.311. The van der Waals surface area contributed by atoms with Gasteiger partial charge in [0.25, 0.3) is 0 Å². The van der Waals surface area contributed by atoms with Crippen molar-refractivity contribution in [1.82, 2.24) is 0 Å². The van der Waals surface area contributed by atoms with Gasteiger partial charge in [0.05, 0.1) is 6.54 Å². The summed E-state index contributed by atoms with van der Waals surface area (Å²) in [5.41, 5.74) is 6.67. The third-order valence-electron chi connectivity index (χ3n) is 5.12. The van der Waals surface area contributed by atoms with Crippen LogP contribution in [0.15, 0.2) is 51.9 Å². The lowest BCUT2D eigenvalue weighted by Gasteiger charge is -2.10. The zero-order valence-electron chi connectivity index (χ0n) is 14.2. The van der Waals surface area contributed by atoms with Crippen LogP contribution < -0.4 is 0 Å². The zero-order valence-corrected chi connectivity index (χ0v) is 15.0. The maximum absolute atomic E-state index is 10.3. The molecule has 0 spiro atoms. The second-order valence-electron chi connectivity index (χ2n) is 6.57. The van der Waals surface area contributed by atoms with E-state index in [1.165, 1.54) is 0 Å². The Bertz CT molecular complexity index is 1220. The summed E-state index contributed by atoms with van der Waals surface area (Å²) in [7, 11) is 0. The molecule has 4 aromatic rings. The number of phenols is 1. The van der Waals surface area contributed by atoms with Gasteiger partial charge in [-0.15, -0.1) is 0 Å². The molecule has 3 nitrogen and oxygen atoms in total. The molecule has 4 heteroatoms. The molecule has 0 aliphatic carbocycles. The van der Waals surface area contributed by atoms with Crippen molar-refractivity contribution in [2.75, 3.05) is 0 Å². The molecule has 5 rings (SSSR count). The number of halogens is 1. The van der Waals surface area contributed by atoms with Crippen LogP contribution in [0.3, 0.4) is 0 Å². The predicted molar refractivity (Wildman–Crippen MR) is 107 cm³/mol. The molecule has 1 aromatic heterocycles. The van der Waals surface area contributed by atoms with Crippen LogP contribution in [-0.2, 0) is 13.0 Å². The van der Waals surface area contributed by atoms with Crippen molar-refractivity contribution in [1.29, 1.82) is 0 Å². The molecule has 0 saturated heterocycles. The summed E-state index contributed by atoms with van der Waals surface area (Å²) in [6.45, 7) is 2.62. The van der Waals surface area contributed by atoms with Gasteiger partial charge in [0.1, 0.15) is 16.9 Å². The first-order valence-electron chi connectivity index (χ1n) is 8.66. The highest BCUT2D eigenvalue weighted by Crippen LogP contribution is 2.42. The number of benzene rings is 3. The van der Waals surface area contributed by atoms with Gasteiger partial charge in [0.2, 0.25) is 0 Å². The second kappa shape index (κ2) is 5.61. The molecule has 3 aromatic carbocycles.